The predicted octanol–water partition coefficient (Wildman–Crippen LogP) is 3.68. The van der Waals surface area contributed by atoms with Gasteiger partial charge in [0.25, 0.3) is 0 Å². The average molecular weight is 360 g/mol. The van der Waals surface area contributed by atoms with Gasteiger partial charge in [0.15, 0.2) is 11.5 Å². The number of aliphatic hydroxyl groups is 1. The summed E-state index contributed by atoms with van der Waals surface area (Å²) in [6.07, 6.45) is 6.23. The lowest BCUT2D eigenvalue weighted by Gasteiger charge is -2.12. The van der Waals surface area contributed by atoms with E-state index in [0.717, 1.165) is 33.9 Å². The number of fused-ring (bicyclic) bond motifs is 1. The van der Waals surface area contributed by atoms with E-state index < -0.39 is 0 Å². The quantitative estimate of drug-likeness (QED) is 0.549. The number of hydrogen-bond donors (Lipinski definition) is 2. The summed E-state index contributed by atoms with van der Waals surface area (Å²) in [4.78, 5) is 9.20. The molecule has 0 spiro atoms. The zero-order chi connectivity index (χ0) is 18.6. The lowest BCUT2D eigenvalue weighted by molar-refractivity contribution is 0.299. The van der Waals surface area contributed by atoms with Gasteiger partial charge in [-0.2, -0.15) is 0 Å². The molecule has 0 aliphatic carbocycles. The number of aromatic nitrogens is 3. The molecule has 0 fully saturated rings. The van der Waals surface area contributed by atoms with Crippen LogP contribution in [-0.2, 0) is 6.42 Å². The molecule has 0 radical (unpaired) electrons. The van der Waals surface area contributed by atoms with Gasteiger partial charge in [0, 0.05) is 36.4 Å². The molecule has 2 heterocycles. The lowest BCUT2D eigenvalue weighted by Crippen LogP contribution is -2.01. The Balaban J connectivity index is 1.75. The van der Waals surface area contributed by atoms with Crippen LogP contribution in [0.2, 0.25) is 0 Å². The molecule has 27 heavy (non-hydrogen) atoms. The van der Waals surface area contributed by atoms with Crippen molar-refractivity contribution in [1.82, 2.24) is 14.4 Å². The molecule has 136 valence electrons. The molecule has 0 aliphatic rings. The van der Waals surface area contributed by atoms with Crippen LogP contribution in [0.3, 0.4) is 0 Å². The summed E-state index contributed by atoms with van der Waals surface area (Å²) in [5.74, 6) is 1.43. The minimum absolute atomic E-state index is 0.143. The number of aliphatic hydroxyl groups excluding tert-OH is 1. The van der Waals surface area contributed by atoms with E-state index in [2.05, 4.69) is 10.3 Å². The number of para-hydroxylation sites is 1. The van der Waals surface area contributed by atoms with Crippen LogP contribution >= 0.6 is 0 Å². The SMILES string of the molecule is COc1ccccc1-c1cn2ccnc2c(Nc2ccc(CCO)cc2)n1. The second kappa shape index (κ2) is 7.47. The van der Waals surface area contributed by atoms with Gasteiger partial charge >= 0.3 is 0 Å². The zero-order valence-electron chi connectivity index (χ0n) is 15.0. The first-order valence-electron chi connectivity index (χ1n) is 8.72. The van der Waals surface area contributed by atoms with Crippen LogP contribution in [0.5, 0.6) is 5.75 Å². The number of methoxy groups -OCH3 is 1. The molecule has 0 unspecified atom stereocenters. The maximum atomic E-state index is 9.05. The van der Waals surface area contributed by atoms with Gasteiger partial charge in [-0.1, -0.05) is 24.3 Å². The molecule has 0 amide bonds. The lowest BCUT2D eigenvalue weighted by atomic mass is 10.1. The Morgan fingerprint density at radius 2 is 1.93 bits per heavy atom. The first-order chi connectivity index (χ1) is 13.3. The summed E-state index contributed by atoms with van der Waals surface area (Å²) in [6.45, 7) is 0.143. The smallest absolute Gasteiger partial charge is 0.180 e. The van der Waals surface area contributed by atoms with Crippen molar-refractivity contribution in [3.8, 4) is 17.0 Å². The fourth-order valence-corrected chi connectivity index (χ4v) is 3.02. The molecule has 0 bridgehead atoms. The van der Waals surface area contributed by atoms with E-state index in [0.29, 0.717) is 12.2 Å². The third-order valence-corrected chi connectivity index (χ3v) is 4.37. The van der Waals surface area contributed by atoms with E-state index in [1.165, 1.54) is 0 Å². The highest BCUT2D eigenvalue weighted by molar-refractivity contribution is 5.75. The van der Waals surface area contributed by atoms with E-state index in [4.69, 9.17) is 14.8 Å². The highest BCUT2D eigenvalue weighted by Gasteiger charge is 2.12. The summed E-state index contributed by atoms with van der Waals surface area (Å²) in [5, 5.41) is 12.4. The summed E-state index contributed by atoms with van der Waals surface area (Å²) >= 11 is 0. The van der Waals surface area contributed by atoms with E-state index in [-0.39, 0.29) is 6.61 Å². The van der Waals surface area contributed by atoms with Crippen molar-refractivity contribution < 1.29 is 9.84 Å². The van der Waals surface area contributed by atoms with Gasteiger partial charge in [0.2, 0.25) is 0 Å². The number of ether oxygens (including phenoxy) is 1. The maximum Gasteiger partial charge on any atom is 0.180 e. The Morgan fingerprint density at radius 3 is 2.70 bits per heavy atom. The van der Waals surface area contributed by atoms with Gasteiger partial charge in [0.1, 0.15) is 5.75 Å². The highest BCUT2D eigenvalue weighted by Crippen LogP contribution is 2.30. The molecule has 0 saturated heterocycles. The third-order valence-electron chi connectivity index (χ3n) is 4.37. The van der Waals surface area contributed by atoms with Gasteiger partial charge in [-0.15, -0.1) is 0 Å². The molecule has 0 saturated carbocycles. The van der Waals surface area contributed by atoms with Gasteiger partial charge in [-0.05, 0) is 36.2 Å². The van der Waals surface area contributed by atoms with E-state index in [1.54, 1.807) is 13.3 Å². The Bertz CT molecular complexity index is 1060. The van der Waals surface area contributed by atoms with Gasteiger partial charge < -0.3 is 19.6 Å². The van der Waals surface area contributed by atoms with Crippen LogP contribution < -0.4 is 10.1 Å². The van der Waals surface area contributed by atoms with E-state index >= 15 is 0 Å². The maximum absolute atomic E-state index is 9.05. The number of rotatable bonds is 6. The number of benzene rings is 2. The number of nitrogens with zero attached hydrogens (tertiary/aromatic N) is 3. The van der Waals surface area contributed by atoms with Crippen molar-refractivity contribution in [2.75, 3.05) is 19.0 Å². The first-order valence-corrected chi connectivity index (χ1v) is 8.72. The number of nitrogens with one attached hydrogen (secondary N) is 1. The summed E-state index contributed by atoms with van der Waals surface area (Å²) < 4.78 is 7.42. The molecular weight excluding hydrogens is 340 g/mol. The van der Waals surface area contributed by atoms with Crippen molar-refractivity contribution in [3.05, 3.63) is 72.7 Å². The summed E-state index contributed by atoms with van der Waals surface area (Å²) in [5.41, 5.74) is 4.44. The average Bonchev–Trinajstić information content (AvgIpc) is 3.18. The van der Waals surface area contributed by atoms with Crippen LogP contribution in [0.15, 0.2) is 67.1 Å². The molecule has 2 aromatic carbocycles. The number of imidazole rings is 1. The predicted molar refractivity (Wildman–Crippen MR) is 105 cm³/mol. The normalized spacial score (nSPS) is 10.9. The summed E-state index contributed by atoms with van der Waals surface area (Å²) in [6, 6.07) is 15.7. The molecule has 4 rings (SSSR count). The standard InChI is InChI=1S/C21H20N4O2/c1-27-19-5-3-2-4-17(19)18-14-25-12-11-22-21(25)20(24-18)23-16-8-6-15(7-9-16)10-13-26/h2-9,11-12,14,26H,10,13H2,1H3,(H,23,24). The number of anilines is 2. The fraction of sp³-hybridized carbons (Fsp3) is 0.143. The topological polar surface area (TPSA) is 71.7 Å². The monoisotopic (exact) mass is 360 g/mol. The van der Waals surface area contributed by atoms with Crippen molar-refractivity contribution in [2.24, 2.45) is 0 Å². The summed E-state index contributed by atoms with van der Waals surface area (Å²) in [7, 11) is 1.65. The molecular formula is C21H20N4O2. The first kappa shape index (κ1) is 17.1. The molecule has 2 aromatic heterocycles. The molecule has 0 aliphatic heterocycles. The zero-order valence-corrected chi connectivity index (χ0v) is 15.0. The van der Waals surface area contributed by atoms with Crippen LogP contribution in [0.1, 0.15) is 5.56 Å². The Kier molecular flexibility index (Phi) is 4.72. The van der Waals surface area contributed by atoms with Gasteiger partial charge in [-0.25, -0.2) is 9.97 Å². The van der Waals surface area contributed by atoms with Crippen molar-refractivity contribution in [3.63, 3.8) is 0 Å². The Hall–Kier alpha value is -3.38. The second-order valence-corrected chi connectivity index (χ2v) is 6.13. The second-order valence-electron chi connectivity index (χ2n) is 6.13. The van der Waals surface area contributed by atoms with E-state index in [1.807, 2.05) is 65.3 Å². The highest BCUT2D eigenvalue weighted by atomic mass is 16.5. The molecule has 6 heteroatoms. The molecule has 6 nitrogen and oxygen atoms in total. The molecule has 2 N–H and O–H groups in total. The fourth-order valence-electron chi connectivity index (χ4n) is 3.02. The van der Waals surface area contributed by atoms with Gasteiger partial charge in [0.05, 0.1) is 12.8 Å². The largest absolute Gasteiger partial charge is 0.496 e. The molecule has 0 atom stereocenters. The third kappa shape index (κ3) is 3.47. The van der Waals surface area contributed by atoms with Crippen LogP contribution in [-0.4, -0.2) is 33.2 Å². The Morgan fingerprint density at radius 1 is 1.11 bits per heavy atom. The van der Waals surface area contributed by atoms with Crippen LogP contribution in [0, 0.1) is 0 Å². The van der Waals surface area contributed by atoms with Crippen molar-refractivity contribution in [1.29, 1.82) is 0 Å². The van der Waals surface area contributed by atoms with Crippen molar-refractivity contribution >= 4 is 17.2 Å². The van der Waals surface area contributed by atoms with Crippen molar-refractivity contribution in [2.45, 2.75) is 6.42 Å². The minimum atomic E-state index is 0.143. The van der Waals surface area contributed by atoms with E-state index in [9.17, 15) is 0 Å². The van der Waals surface area contributed by atoms with Crippen LogP contribution in [0.4, 0.5) is 11.5 Å². The molecule has 4 aromatic rings. The Labute approximate surface area is 157 Å². The van der Waals surface area contributed by atoms with Crippen LogP contribution in [0.25, 0.3) is 16.9 Å². The van der Waals surface area contributed by atoms with Gasteiger partial charge in [-0.3, -0.25) is 0 Å². The minimum Gasteiger partial charge on any atom is -0.496 e. The number of hydrogen-bond acceptors (Lipinski definition) is 5.